The second-order valence-corrected chi connectivity index (χ2v) is 7.06. The molecule has 114 valence electrons. The summed E-state index contributed by atoms with van der Waals surface area (Å²) in [5.41, 5.74) is 5.63. The number of hydrogen-bond donors (Lipinski definition) is 1. The van der Waals surface area contributed by atoms with Crippen molar-refractivity contribution in [2.75, 3.05) is 19.6 Å². The van der Waals surface area contributed by atoms with Gasteiger partial charge in [-0.3, -0.25) is 4.79 Å². The van der Waals surface area contributed by atoms with E-state index in [1.165, 1.54) is 23.5 Å². The topological polar surface area (TPSA) is 46.3 Å². The largest absolute Gasteiger partial charge is 0.338 e. The monoisotopic (exact) mass is 308 g/mol. The van der Waals surface area contributed by atoms with E-state index in [0.29, 0.717) is 24.5 Å². The lowest BCUT2D eigenvalue weighted by Crippen LogP contribution is -2.41. The van der Waals surface area contributed by atoms with Gasteiger partial charge in [-0.2, -0.15) is 0 Å². The van der Waals surface area contributed by atoms with Crippen LogP contribution in [0.1, 0.15) is 30.4 Å². The Balaban J connectivity index is 2.27. The highest BCUT2D eigenvalue weighted by Gasteiger charge is 2.24. The van der Waals surface area contributed by atoms with Crippen molar-refractivity contribution in [2.45, 2.75) is 20.8 Å². The van der Waals surface area contributed by atoms with E-state index in [4.69, 9.17) is 5.73 Å². The lowest BCUT2D eigenvalue weighted by molar-refractivity contribution is 0.0706. The molecule has 0 atom stereocenters. The molecule has 0 unspecified atom stereocenters. The van der Waals surface area contributed by atoms with Crippen LogP contribution in [0.3, 0.4) is 0 Å². The number of amides is 1. The lowest BCUT2D eigenvalue weighted by Gasteiger charge is -2.30. The quantitative estimate of drug-likeness (QED) is 0.919. The normalized spacial score (nSPS) is 11.9. The van der Waals surface area contributed by atoms with E-state index in [2.05, 4.69) is 0 Å². The van der Waals surface area contributed by atoms with Crippen molar-refractivity contribution in [3.63, 3.8) is 0 Å². The van der Waals surface area contributed by atoms with Crippen molar-refractivity contribution >= 4 is 27.3 Å². The smallest absolute Gasteiger partial charge is 0.263 e. The van der Waals surface area contributed by atoms with Crippen LogP contribution in [0.15, 0.2) is 24.3 Å². The Bertz CT molecular complexity index is 651. The Morgan fingerprint density at radius 2 is 2.10 bits per heavy atom. The second-order valence-electron chi connectivity index (χ2n) is 5.98. The minimum atomic E-state index is -0.278. The molecule has 2 aromatic rings. The lowest BCUT2D eigenvalue weighted by atomic mass is 9.93. The molecule has 5 heteroatoms. The number of nitrogens with zero attached hydrogens (tertiary/aromatic N) is 1. The maximum atomic E-state index is 13.2. The van der Waals surface area contributed by atoms with Gasteiger partial charge in [-0.05, 0) is 42.5 Å². The van der Waals surface area contributed by atoms with E-state index >= 15 is 0 Å². The highest BCUT2D eigenvalue weighted by atomic mass is 32.1. The van der Waals surface area contributed by atoms with E-state index in [0.717, 1.165) is 10.1 Å². The fourth-order valence-electron chi connectivity index (χ4n) is 2.17. The van der Waals surface area contributed by atoms with Crippen molar-refractivity contribution in [3.05, 3.63) is 35.0 Å². The first-order chi connectivity index (χ1) is 9.86. The van der Waals surface area contributed by atoms with Crippen LogP contribution >= 0.6 is 11.3 Å². The van der Waals surface area contributed by atoms with Crippen LogP contribution in [0, 0.1) is 11.2 Å². The van der Waals surface area contributed by atoms with Gasteiger partial charge >= 0.3 is 0 Å². The van der Waals surface area contributed by atoms with Gasteiger partial charge in [-0.1, -0.05) is 19.9 Å². The highest BCUT2D eigenvalue weighted by molar-refractivity contribution is 7.20. The molecule has 1 aromatic heterocycles. The third kappa shape index (κ3) is 3.60. The summed E-state index contributed by atoms with van der Waals surface area (Å²) in [7, 11) is 0. The molecule has 0 radical (unpaired) electrons. The van der Waals surface area contributed by atoms with Gasteiger partial charge in [0.2, 0.25) is 0 Å². The van der Waals surface area contributed by atoms with Gasteiger partial charge in [0, 0.05) is 17.8 Å². The molecule has 2 rings (SSSR count). The molecule has 3 nitrogen and oxygen atoms in total. The number of thiophene rings is 1. The molecule has 1 amide bonds. The average Bonchev–Trinajstić information content (AvgIpc) is 2.87. The minimum Gasteiger partial charge on any atom is -0.338 e. The van der Waals surface area contributed by atoms with E-state index in [1.807, 2.05) is 26.8 Å². The van der Waals surface area contributed by atoms with E-state index in [9.17, 15) is 9.18 Å². The van der Waals surface area contributed by atoms with Crippen LogP contribution in [-0.2, 0) is 0 Å². The minimum absolute atomic E-state index is 0.0133. The summed E-state index contributed by atoms with van der Waals surface area (Å²) in [4.78, 5) is 15.1. The fraction of sp³-hybridized carbons (Fsp3) is 0.438. The van der Waals surface area contributed by atoms with Crippen LogP contribution in [0.2, 0.25) is 0 Å². The molecule has 0 fully saturated rings. The second kappa shape index (κ2) is 6.12. The van der Waals surface area contributed by atoms with Crippen molar-refractivity contribution in [1.82, 2.24) is 4.90 Å². The molecule has 1 heterocycles. The van der Waals surface area contributed by atoms with Gasteiger partial charge in [0.1, 0.15) is 5.82 Å². The summed E-state index contributed by atoms with van der Waals surface area (Å²) in [5.74, 6) is -0.291. The SMILES string of the molecule is CCN(CC(C)(C)CN)C(=O)c1cc2ccc(F)cc2s1. The predicted octanol–water partition coefficient (Wildman–Crippen LogP) is 3.49. The first-order valence-corrected chi connectivity index (χ1v) is 7.86. The number of halogens is 1. The molecule has 2 N–H and O–H groups in total. The molecule has 0 aliphatic rings. The zero-order valence-electron chi connectivity index (χ0n) is 12.6. The van der Waals surface area contributed by atoms with Gasteiger partial charge in [0.25, 0.3) is 5.91 Å². The van der Waals surface area contributed by atoms with Gasteiger partial charge < -0.3 is 10.6 Å². The van der Waals surface area contributed by atoms with E-state index < -0.39 is 0 Å². The van der Waals surface area contributed by atoms with Crippen molar-refractivity contribution < 1.29 is 9.18 Å². The molecule has 0 aliphatic carbocycles. The molecule has 21 heavy (non-hydrogen) atoms. The molecule has 0 spiro atoms. The number of rotatable bonds is 5. The summed E-state index contributed by atoms with van der Waals surface area (Å²) >= 11 is 1.33. The Kier molecular flexibility index (Phi) is 4.64. The fourth-order valence-corrected chi connectivity index (χ4v) is 3.23. The van der Waals surface area contributed by atoms with Crippen molar-refractivity contribution in [1.29, 1.82) is 0 Å². The molecule has 0 saturated heterocycles. The molecular formula is C16H21FN2OS. The number of carbonyl (C=O) groups is 1. The Morgan fingerprint density at radius 1 is 1.38 bits per heavy atom. The number of benzene rings is 1. The Morgan fingerprint density at radius 3 is 2.71 bits per heavy atom. The first kappa shape index (κ1) is 15.9. The van der Waals surface area contributed by atoms with Crippen molar-refractivity contribution in [2.24, 2.45) is 11.1 Å². The molecule has 0 aliphatic heterocycles. The summed E-state index contributed by atoms with van der Waals surface area (Å²) < 4.78 is 14.0. The zero-order valence-corrected chi connectivity index (χ0v) is 13.5. The molecule has 0 bridgehead atoms. The van der Waals surface area contributed by atoms with Crippen LogP contribution in [0.25, 0.3) is 10.1 Å². The van der Waals surface area contributed by atoms with Crippen LogP contribution in [0.4, 0.5) is 4.39 Å². The van der Waals surface area contributed by atoms with Gasteiger partial charge in [0.05, 0.1) is 4.88 Å². The standard InChI is InChI=1S/C16H21FN2OS/c1-4-19(10-16(2,3)9-18)15(20)14-7-11-5-6-12(17)8-13(11)21-14/h5-8H,4,9-10,18H2,1-3H3. The van der Waals surface area contributed by atoms with Gasteiger partial charge in [0.15, 0.2) is 0 Å². The van der Waals surface area contributed by atoms with Crippen LogP contribution < -0.4 is 5.73 Å². The van der Waals surface area contributed by atoms with Crippen LogP contribution in [0.5, 0.6) is 0 Å². The summed E-state index contributed by atoms with van der Waals surface area (Å²) in [5, 5.41) is 0.902. The zero-order chi connectivity index (χ0) is 15.6. The maximum Gasteiger partial charge on any atom is 0.263 e. The Hall–Kier alpha value is -1.46. The number of hydrogen-bond acceptors (Lipinski definition) is 3. The summed E-state index contributed by atoms with van der Waals surface area (Å²) in [6.07, 6.45) is 0. The van der Waals surface area contributed by atoms with Crippen LogP contribution in [-0.4, -0.2) is 30.4 Å². The first-order valence-electron chi connectivity index (χ1n) is 7.05. The Labute approximate surface area is 128 Å². The van der Waals surface area contributed by atoms with Gasteiger partial charge in [-0.15, -0.1) is 11.3 Å². The molecular weight excluding hydrogens is 287 g/mol. The van der Waals surface area contributed by atoms with E-state index in [1.54, 1.807) is 11.0 Å². The maximum absolute atomic E-state index is 13.2. The van der Waals surface area contributed by atoms with Crippen molar-refractivity contribution in [3.8, 4) is 0 Å². The number of carbonyl (C=O) groups excluding carboxylic acids is 1. The number of nitrogens with two attached hydrogens (primary N) is 1. The molecule has 1 aromatic carbocycles. The predicted molar refractivity (Wildman–Crippen MR) is 86.2 cm³/mol. The number of fused-ring (bicyclic) bond motifs is 1. The third-order valence-electron chi connectivity index (χ3n) is 3.53. The summed E-state index contributed by atoms with van der Waals surface area (Å²) in [6.45, 7) is 7.81. The average molecular weight is 308 g/mol. The highest BCUT2D eigenvalue weighted by Crippen LogP contribution is 2.28. The summed E-state index contributed by atoms with van der Waals surface area (Å²) in [6, 6.07) is 6.42. The third-order valence-corrected chi connectivity index (χ3v) is 4.62. The van der Waals surface area contributed by atoms with Gasteiger partial charge in [-0.25, -0.2) is 4.39 Å². The van der Waals surface area contributed by atoms with E-state index in [-0.39, 0.29) is 17.1 Å². The molecule has 0 saturated carbocycles.